The van der Waals surface area contributed by atoms with Gasteiger partial charge in [-0.3, -0.25) is 0 Å². The fraction of sp³-hybridized carbons (Fsp3) is 0.200. The summed E-state index contributed by atoms with van der Waals surface area (Å²) in [6.45, 7) is 1.84. The fourth-order valence-electron chi connectivity index (χ4n) is 0.433. The van der Waals surface area contributed by atoms with Crippen LogP contribution in [0, 0.1) is 6.92 Å². The molecule has 0 aliphatic heterocycles. The summed E-state index contributed by atoms with van der Waals surface area (Å²) >= 11 is 8.72. The van der Waals surface area contributed by atoms with Crippen LogP contribution >= 0.6 is 27.5 Å². The normalized spacial score (nSPS) is 9.67. The lowest BCUT2D eigenvalue weighted by atomic mass is 10.5. The molecule has 1 aromatic heterocycles. The lowest BCUT2D eigenvalue weighted by molar-refractivity contribution is 1.09. The molecule has 0 aliphatic rings. The molecule has 0 bridgehead atoms. The highest BCUT2D eigenvalue weighted by atomic mass is 79.9. The minimum atomic E-state index is 0.412. The van der Waals surface area contributed by atoms with E-state index in [0.29, 0.717) is 9.76 Å². The highest BCUT2D eigenvalue weighted by Gasteiger charge is 1.96. The molecule has 0 fully saturated rings. The van der Waals surface area contributed by atoms with Crippen LogP contribution in [0.1, 0.15) is 5.69 Å². The number of hydrogen-bond acceptors (Lipinski definition) is 2. The zero-order valence-corrected chi connectivity index (χ0v) is 7.07. The summed E-state index contributed by atoms with van der Waals surface area (Å²) in [5.41, 5.74) is 0.822. The highest BCUT2D eigenvalue weighted by molar-refractivity contribution is 9.10. The predicted octanol–water partition coefficient (Wildman–Crippen LogP) is 2.20. The first kappa shape index (κ1) is 6.96. The summed E-state index contributed by atoms with van der Waals surface area (Å²) in [6, 6.07) is 0. The van der Waals surface area contributed by atoms with Gasteiger partial charge in [0, 0.05) is 6.20 Å². The Labute approximate surface area is 66.4 Å². The number of nitrogens with zero attached hydrogens (tertiary/aromatic N) is 2. The van der Waals surface area contributed by atoms with E-state index in [2.05, 4.69) is 25.9 Å². The van der Waals surface area contributed by atoms with E-state index < -0.39 is 0 Å². The standard InChI is InChI=1S/C5H4BrClN2/c1-3-2-8-4(6)5(7)9-3/h2H,1H3. The Morgan fingerprint density at radius 3 is 2.78 bits per heavy atom. The topological polar surface area (TPSA) is 25.8 Å². The third kappa shape index (κ3) is 1.63. The van der Waals surface area contributed by atoms with Crippen LogP contribution in [0.15, 0.2) is 10.8 Å². The second-order valence-corrected chi connectivity index (χ2v) is 2.70. The second-order valence-electron chi connectivity index (χ2n) is 1.59. The van der Waals surface area contributed by atoms with Crippen molar-refractivity contribution >= 4 is 27.5 Å². The van der Waals surface area contributed by atoms with Crippen LogP contribution in [-0.2, 0) is 0 Å². The molecule has 1 rings (SSSR count). The third-order valence-electron chi connectivity index (χ3n) is 0.809. The van der Waals surface area contributed by atoms with Crippen molar-refractivity contribution in [2.24, 2.45) is 0 Å². The van der Waals surface area contributed by atoms with Gasteiger partial charge in [0.05, 0.1) is 5.69 Å². The van der Waals surface area contributed by atoms with Gasteiger partial charge < -0.3 is 0 Å². The number of aromatic nitrogens is 2. The zero-order valence-electron chi connectivity index (χ0n) is 4.73. The average molecular weight is 207 g/mol. The molecule has 0 saturated carbocycles. The molecule has 0 unspecified atom stereocenters. The Kier molecular flexibility index (Phi) is 2.03. The molecule has 9 heavy (non-hydrogen) atoms. The minimum Gasteiger partial charge on any atom is -0.244 e. The summed E-state index contributed by atoms with van der Waals surface area (Å²) in [7, 11) is 0. The monoisotopic (exact) mass is 206 g/mol. The van der Waals surface area contributed by atoms with Crippen LogP contribution in [0.3, 0.4) is 0 Å². The zero-order chi connectivity index (χ0) is 6.85. The van der Waals surface area contributed by atoms with Crippen molar-refractivity contribution in [3.63, 3.8) is 0 Å². The van der Waals surface area contributed by atoms with E-state index in [1.54, 1.807) is 6.20 Å². The summed E-state index contributed by atoms with van der Waals surface area (Å²) in [5, 5.41) is 0.412. The predicted molar refractivity (Wildman–Crippen MR) is 39.5 cm³/mol. The van der Waals surface area contributed by atoms with Gasteiger partial charge in [-0.2, -0.15) is 0 Å². The Balaban J connectivity index is 3.17. The lowest BCUT2D eigenvalue weighted by Crippen LogP contribution is -1.85. The van der Waals surface area contributed by atoms with Crippen molar-refractivity contribution < 1.29 is 0 Å². The van der Waals surface area contributed by atoms with Crippen LogP contribution in [-0.4, -0.2) is 9.97 Å². The lowest BCUT2D eigenvalue weighted by Gasteiger charge is -1.92. The van der Waals surface area contributed by atoms with Crippen LogP contribution in [0.5, 0.6) is 0 Å². The van der Waals surface area contributed by atoms with Crippen LogP contribution < -0.4 is 0 Å². The maximum Gasteiger partial charge on any atom is 0.162 e. The maximum absolute atomic E-state index is 5.59. The van der Waals surface area contributed by atoms with Gasteiger partial charge in [0.15, 0.2) is 5.15 Å². The van der Waals surface area contributed by atoms with E-state index in [9.17, 15) is 0 Å². The van der Waals surface area contributed by atoms with Crippen LogP contribution in [0.2, 0.25) is 5.15 Å². The number of rotatable bonds is 0. The van der Waals surface area contributed by atoms with Crippen molar-refractivity contribution in [1.29, 1.82) is 0 Å². The number of aryl methyl sites for hydroxylation is 1. The largest absolute Gasteiger partial charge is 0.244 e. The third-order valence-corrected chi connectivity index (χ3v) is 1.88. The van der Waals surface area contributed by atoms with Crippen LogP contribution in [0.4, 0.5) is 0 Å². The van der Waals surface area contributed by atoms with Gasteiger partial charge in [-0.05, 0) is 22.9 Å². The van der Waals surface area contributed by atoms with Crippen molar-refractivity contribution in [2.75, 3.05) is 0 Å². The second kappa shape index (κ2) is 2.62. The summed E-state index contributed by atoms with van der Waals surface area (Å²) in [6.07, 6.45) is 1.65. The van der Waals surface area contributed by atoms with Gasteiger partial charge in [-0.25, -0.2) is 9.97 Å². The van der Waals surface area contributed by atoms with E-state index in [-0.39, 0.29) is 0 Å². The molecule has 0 amide bonds. The molecule has 0 aliphatic carbocycles. The molecule has 48 valence electrons. The van der Waals surface area contributed by atoms with E-state index in [4.69, 9.17) is 11.6 Å². The Morgan fingerprint density at radius 1 is 1.67 bits per heavy atom. The molecule has 1 heterocycles. The fourth-order valence-corrected chi connectivity index (χ4v) is 0.806. The number of hydrogen-bond donors (Lipinski definition) is 0. The van der Waals surface area contributed by atoms with Gasteiger partial charge in [0.25, 0.3) is 0 Å². The van der Waals surface area contributed by atoms with E-state index >= 15 is 0 Å². The molecule has 4 heteroatoms. The first-order chi connectivity index (χ1) is 4.20. The molecule has 0 atom stereocenters. The number of halogens is 2. The van der Waals surface area contributed by atoms with Gasteiger partial charge in [0.2, 0.25) is 0 Å². The summed E-state index contributed by atoms with van der Waals surface area (Å²) in [5.74, 6) is 0. The highest BCUT2D eigenvalue weighted by Crippen LogP contribution is 2.15. The molecule has 2 nitrogen and oxygen atoms in total. The van der Waals surface area contributed by atoms with Crippen molar-refractivity contribution in [1.82, 2.24) is 9.97 Å². The van der Waals surface area contributed by atoms with E-state index in [0.717, 1.165) is 5.69 Å². The summed E-state index contributed by atoms with van der Waals surface area (Å²) < 4.78 is 0.592. The maximum atomic E-state index is 5.59. The van der Waals surface area contributed by atoms with E-state index in [1.807, 2.05) is 6.92 Å². The molecule has 0 radical (unpaired) electrons. The van der Waals surface area contributed by atoms with Gasteiger partial charge >= 0.3 is 0 Å². The van der Waals surface area contributed by atoms with Gasteiger partial charge in [-0.1, -0.05) is 11.6 Å². The first-order valence-corrected chi connectivity index (χ1v) is 3.52. The first-order valence-electron chi connectivity index (χ1n) is 2.35. The van der Waals surface area contributed by atoms with Crippen molar-refractivity contribution in [3.05, 3.63) is 21.6 Å². The molecule has 0 saturated heterocycles. The van der Waals surface area contributed by atoms with E-state index in [1.165, 1.54) is 0 Å². The average Bonchev–Trinajstić information content (AvgIpc) is 1.80. The van der Waals surface area contributed by atoms with Gasteiger partial charge in [-0.15, -0.1) is 0 Å². The quantitative estimate of drug-likeness (QED) is 0.652. The Morgan fingerprint density at radius 2 is 2.33 bits per heavy atom. The summed E-state index contributed by atoms with van der Waals surface area (Å²) in [4.78, 5) is 7.83. The smallest absolute Gasteiger partial charge is 0.162 e. The molecular formula is C5H4BrClN2. The molecule has 0 spiro atoms. The van der Waals surface area contributed by atoms with Crippen molar-refractivity contribution in [2.45, 2.75) is 6.92 Å². The molecule has 0 N–H and O–H groups in total. The molecule has 0 aromatic carbocycles. The van der Waals surface area contributed by atoms with Crippen LogP contribution in [0.25, 0.3) is 0 Å². The Bertz CT molecular complexity index is 226. The minimum absolute atomic E-state index is 0.412. The van der Waals surface area contributed by atoms with Gasteiger partial charge in [0.1, 0.15) is 4.60 Å². The SMILES string of the molecule is Cc1cnc(Br)c(Cl)n1. The molecular weight excluding hydrogens is 203 g/mol. The van der Waals surface area contributed by atoms with Crippen molar-refractivity contribution in [3.8, 4) is 0 Å². The Hall–Kier alpha value is -0.150. The molecule has 1 aromatic rings.